The van der Waals surface area contributed by atoms with E-state index in [-0.39, 0.29) is 0 Å². The van der Waals surface area contributed by atoms with Gasteiger partial charge in [0.25, 0.3) is 0 Å². The van der Waals surface area contributed by atoms with Crippen molar-refractivity contribution in [2.45, 2.75) is 25.3 Å². The molecule has 1 N–H and O–H groups in total. The fourth-order valence-corrected chi connectivity index (χ4v) is 2.19. The van der Waals surface area contributed by atoms with Crippen LogP contribution in [0.4, 0.5) is 5.95 Å². The maximum atomic E-state index is 6.01. The normalized spacial score (nSPS) is 12.5. The third-order valence-electron chi connectivity index (χ3n) is 2.14. The first kappa shape index (κ1) is 12.6. The van der Waals surface area contributed by atoms with Gasteiger partial charge in [-0.05, 0) is 5.92 Å². The zero-order valence-electron chi connectivity index (χ0n) is 9.25. The minimum Gasteiger partial charge on any atom is -0.357 e. The molecular formula is C10H16ClN3S. The molecule has 1 aromatic rings. The van der Waals surface area contributed by atoms with E-state index >= 15 is 0 Å². The van der Waals surface area contributed by atoms with Crippen molar-refractivity contribution >= 4 is 29.3 Å². The number of hydrogen-bond donors (Lipinski definition) is 1. The van der Waals surface area contributed by atoms with Gasteiger partial charge in [0.05, 0.1) is 11.2 Å². The van der Waals surface area contributed by atoms with Gasteiger partial charge in [0.2, 0.25) is 5.95 Å². The van der Waals surface area contributed by atoms with Crippen LogP contribution in [0.5, 0.6) is 0 Å². The molecule has 0 aromatic carbocycles. The lowest BCUT2D eigenvalue weighted by Gasteiger charge is -2.08. The van der Waals surface area contributed by atoms with E-state index in [1.54, 1.807) is 25.0 Å². The second-order valence-corrected chi connectivity index (χ2v) is 4.84. The molecule has 0 saturated carbocycles. The molecule has 3 nitrogen and oxygen atoms in total. The standard InChI is InChI=1S/C10H16ClN3S/c1-4-7(2)6-15-9-8(11)5-13-10(12-3)14-9/h5,7H,4,6H2,1-3H3,(H,12,13,14). The first-order chi connectivity index (χ1) is 7.17. The first-order valence-corrected chi connectivity index (χ1v) is 6.36. The highest BCUT2D eigenvalue weighted by atomic mass is 35.5. The summed E-state index contributed by atoms with van der Waals surface area (Å²) in [5.41, 5.74) is 0. The second-order valence-electron chi connectivity index (χ2n) is 3.42. The van der Waals surface area contributed by atoms with E-state index in [9.17, 15) is 0 Å². The Balaban J connectivity index is 2.66. The van der Waals surface area contributed by atoms with Crippen LogP contribution >= 0.6 is 23.4 Å². The third-order valence-corrected chi connectivity index (χ3v) is 3.85. The highest BCUT2D eigenvalue weighted by Gasteiger charge is 2.07. The molecule has 0 aliphatic carbocycles. The van der Waals surface area contributed by atoms with Crippen LogP contribution in [-0.2, 0) is 0 Å². The number of halogens is 1. The number of hydrogen-bond acceptors (Lipinski definition) is 4. The Labute approximate surface area is 100 Å². The average molecular weight is 246 g/mol. The number of anilines is 1. The molecule has 1 heterocycles. The lowest BCUT2D eigenvalue weighted by atomic mass is 10.2. The minimum absolute atomic E-state index is 0.617. The van der Waals surface area contributed by atoms with Gasteiger partial charge in [-0.1, -0.05) is 31.9 Å². The second kappa shape index (κ2) is 6.18. The summed E-state index contributed by atoms with van der Waals surface area (Å²) in [4.78, 5) is 8.34. The van der Waals surface area contributed by atoms with Crippen LogP contribution in [-0.4, -0.2) is 22.8 Å². The third kappa shape index (κ3) is 3.87. The zero-order valence-corrected chi connectivity index (χ0v) is 10.8. The summed E-state index contributed by atoms with van der Waals surface area (Å²) in [7, 11) is 1.80. The zero-order chi connectivity index (χ0) is 11.3. The Morgan fingerprint density at radius 2 is 2.33 bits per heavy atom. The van der Waals surface area contributed by atoms with Crippen molar-refractivity contribution in [3.63, 3.8) is 0 Å². The summed E-state index contributed by atoms with van der Waals surface area (Å²) < 4.78 is 0. The average Bonchev–Trinajstić information content (AvgIpc) is 2.27. The van der Waals surface area contributed by atoms with Gasteiger partial charge in [0, 0.05) is 12.8 Å². The molecule has 15 heavy (non-hydrogen) atoms. The maximum Gasteiger partial charge on any atom is 0.223 e. The topological polar surface area (TPSA) is 37.8 Å². The van der Waals surface area contributed by atoms with Crippen molar-refractivity contribution < 1.29 is 0 Å². The van der Waals surface area contributed by atoms with Crippen molar-refractivity contribution in [3.05, 3.63) is 11.2 Å². The predicted molar refractivity (Wildman–Crippen MR) is 66.8 cm³/mol. The van der Waals surface area contributed by atoms with Crippen LogP contribution in [0.1, 0.15) is 20.3 Å². The van der Waals surface area contributed by atoms with Crippen LogP contribution in [0.2, 0.25) is 5.02 Å². The first-order valence-electron chi connectivity index (χ1n) is 5.00. The SMILES string of the molecule is CCC(C)CSc1nc(NC)ncc1Cl. The van der Waals surface area contributed by atoms with Crippen molar-refractivity contribution in [1.82, 2.24) is 9.97 Å². The highest BCUT2D eigenvalue weighted by molar-refractivity contribution is 7.99. The summed E-state index contributed by atoms with van der Waals surface area (Å²) in [6.07, 6.45) is 2.81. The Hall–Kier alpha value is -0.480. The van der Waals surface area contributed by atoms with Crippen LogP contribution in [0.25, 0.3) is 0 Å². The molecule has 0 fully saturated rings. The van der Waals surface area contributed by atoms with Gasteiger partial charge in [-0.25, -0.2) is 9.97 Å². The summed E-state index contributed by atoms with van der Waals surface area (Å²) in [5, 5.41) is 4.39. The molecule has 1 atom stereocenters. The van der Waals surface area contributed by atoms with E-state index < -0.39 is 0 Å². The van der Waals surface area contributed by atoms with Gasteiger partial charge in [-0.15, -0.1) is 11.8 Å². The molecule has 84 valence electrons. The fourth-order valence-electron chi connectivity index (χ4n) is 0.912. The molecule has 0 bridgehead atoms. The Morgan fingerprint density at radius 1 is 1.60 bits per heavy atom. The van der Waals surface area contributed by atoms with Crippen LogP contribution in [0.15, 0.2) is 11.2 Å². The van der Waals surface area contributed by atoms with Gasteiger partial charge in [0.1, 0.15) is 5.03 Å². The molecule has 1 rings (SSSR count). The van der Waals surface area contributed by atoms with Gasteiger partial charge >= 0.3 is 0 Å². The van der Waals surface area contributed by atoms with Crippen molar-refractivity contribution in [2.75, 3.05) is 18.1 Å². The summed E-state index contributed by atoms with van der Waals surface area (Å²) >= 11 is 7.69. The molecule has 0 amide bonds. The van der Waals surface area contributed by atoms with E-state index in [2.05, 4.69) is 29.1 Å². The van der Waals surface area contributed by atoms with E-state index in [0.717, 1.165) is 10.8 Å². The largest absolute Gasteiger partial charge is 0.357 e. The van der Waals surface area contributed by atoms with Crippen molar-refractivity contribution in [2.24, 2.45) is 5.92 Å². The molecule has 0 aliphatic rings. The van der Waals surface area contributed by atoms with Crippen molar-refractivity contribution in [3.8, 4) is 0 Å². The number of thioether (sulfide) groups is 1. The van der Waals surface area contributed by atoms with Crippen molar-refractivity contribution in [1.29, 1.82) is 0 Å². The summed E-state index contributed by atoms with van der Waals surface area (Å²) in [6, 6.07) is 0. The fraction of sp³-hybridized carbons (Fsp3) is 0.600. The lowest BCUT2D eigenvalue weighted by molar-refractivity contribution is 0.636. The molecule has 1 aromatic heterocycles. The van der Waals surface area contributed by atoms with E-state index in [4.69, 9.17) is 11.6 Å². The monoisotopic (exact) mass is 245 g/mol. The molecule has 0 radical (unpaired) electrons. The highest BCUT2D eigenvalue weighted by Crippen LogP contribution is 2.27. The minimum atomic E-state index is 0.617. The summed E-state index contributed by atoms with van der Waals surface area (Å²) in [6.45, 7) is 4.41. The summed E-state index contributed by atoms with van der Waals surface area (Å²) in [5.74, 6) is 2.33. The van der Waals surface area contributed by atoms with Gasteiger partial charge in [0.15, 0.2) is 0 Å². The lowest BCUT2D eigenvalue weighted by Crippen LogP contribution is -2.00. The number of aromatic nitrogens is 2. The van der Waals surface area contributed by atoms with Gasteiger partial charge < -0.3 is 5.32 Å². The smallest absolute Gasteiger partial charge is 0.223 e. The maximum absolute atomic E-state index is 6.01. The predicted octanol–water partition coefficient (Wildman–Crippen LogP) is 3.31. The van der Waals surface area contributed by atoms with E-state index in [0.29, 0.717) is 16.9 Å². The number of rotatable bonds is 5. The Kier molecular flexibility index (Phi) is 5.19. The quantitative estimate of drug-likeness (QED) is 0.638. The molecule has 0 aliphatic heterocycles. The molecular weight excluding hydrogens is 230 g/mol. The van der Waals surface area contributed by atoms with Crippen LogP contribution in [0.3, 0.4) is 0 Å². The van der Waals surface area contributed by atoms with Gasteiger partial charge in [-0.2, -0.15) is 0 Å². The molecule has 1 unspecified atom stereocenters. The Bertz CT molecular complexity index is 320. The number of nitrogens with one attached hydrogen (secondary N) is 1. The molecule has 0 spiro atoms. The molecule has 0 saturated heterocycles. The number of nitrogens with zero attached hydrogens (tertiary/aromatic N) is 2. The van der Waals surface area contributed by atoms with Crippen LogP contribution < -0.4 is 5.32 Å². The van der Waals surface area contributed by atoms with Crippen LogP contribution in [0, 0.1) is 5.92 Å². The van der Waals surface area contributed by atoms with E-state index in [1.807, 2.05) is 0 Å². The Morgan fingerprint density at radius 3 is 2.93 bits per heavy atom. The van der Waals surface area contributed by atoms with E-state index in [1.165, 1.54) is 6.42 Å². The molecule has 5 heteroatoms. The van der Waals surface area contributed by atoms with Gasteiger partial charge in [-0.3, -0.25) is 0 Å².